The fourth-order valence-corrected chi connectivity index (χ4v) is 4.95. The van der Waals surface area contributed by atoms with Crippen molar-refractivity contribution < 1.29 is 17.9 Å². The highest BCUT2D eigenvalue weighted by molar-refractivity contribution is 7.92. The molecule has 34 heavy (non-hydrogen) atoms. The minimum absolute atomic E-state index is 0.415. The molecule has 1 aliphatic rings. The number of benzene rings is 4. The summed E-state index contributed by atoms with van der Waals surface area (Å²) >= 11 is 0. The molecule has 0 aromatic heterocycles. The summed E-state index contributed by atoms with van der Waals surface area (Å²) in [5.41, 5.74) is 7.56. The molecule has 0 bridgehead atoms. The number of aryl methyl sites for hydroxylation is 1. The first kappa shape index (κ1) is 22.0. The van der Waals surface area contributed by atoms with Gasteiger partial charge in [-0.25, -0.2) is 8.42 Å². The molecule has 1 N–H and O–H groups in total. The van der Waals surface area contributed by atoms with Crippen LogP contribution in [0.15, 0.2) is 84.9 Å². The van der Waals surface area contributed by atoms with Crippen LogP contribution in [-0.4, -0.2) is 21.8 Å². The van der Waals surface area contributed by atoms with E-state index in [1.54, 1.807) is 13.2 Å². The second kappa shape index (κ2) is 8.54. The van der Waals surface area contributed by atoms with Crippen molar-refractivity contribution in [2.24, 2.45) is 0 Å². The molecule has 4 aromatic rings. The molecule has 0 spiro atoms. The lowest BCUT2D eigenvalue weighted by atomic mass is 9.88. The van der Waals surface area contributed by atoms with Gasteiger partial charge in [0.1, 0.15) is 17.6 Å². The molecule has 5 nitrogen and oxygen atoms in total. The maximum Gasteiger partial charge on any atom is 0.229 e. The average molecular weight is 472 g/mol. The second-order valence-electron chi connectivity index (χ2n) is 8.50. The Labute approximate surface area is 200 Å². The Morgan fingerprint density at radius 1 is 0.882 bits per heavy atom. The molecule has 1 atom stereocenters. The molecule has 0 saturated carbocycles. The smallest absolute Gasteiger partial charge is 0.229 e. The van der Waals surface area contributed by atoms with Crippen LogP contribution in [0.3, 0.4) is 0 Å². The maximum absolute atomic E-state index is 11.9. The van der Waals surface area contributed by atoms with Gasteiger partial charge >= 0.3 is 0 Å². The summed E-state index contributed by atoms with van der Waals surface area (Å²) in [5.74, 6) is 1.43. The molecule has 4 aromatic carbocycles. The third-order valence-corrected chi connectivity index (χ3v) is 6.54. The molecule has 0 aliphatic carbocycles. The van der Waals surface area contributed by atoms with Gasteiger partial charge in [-0.05, 0) is 59.5 Å². The van der Waals surface area contributed by atoms with Gasteiger partial charge in [-0.15, -0.1) is 0 Å². The van der Waals surface area contributed by atoms with Crippen molar-refractivity contribution in [3.63, 3.8) is 0 Å². The zero-order valence-corrected chi connectivity index (χ0v) is 20.0. The minimum atomic E-state index is -3.42. The molecule has 1 unspecified atom stereocenters. The largest absolute Gasteiger partial charge is 0.496 e. The first-order valence-corrected chi connectivity index (χ1v) is 12.8. The zero-order valence-electron chi connectivity index (χ0n) is 19.2. The Morgan fingerprint density at radius 2 is 1.65 bits per heavy atom. The van der Waals surface area contributed by atoms with E-state index in [0.717, 1.165) is 45.4 Å². The van der Waals surface area contributed by atoms with Crippen LogP contribution in [0, 0.1) is 6.92 Å². The van der Waals surface area contributed by atoms with Crippen molar-refractivity contribution in [1.29, 1.82) is 0 Å². The van der Waals surface area contributed by atoms with Crippen LogP contribution in [0.5, 0.6) is 11.5 Å². The van der Waals surface area contributed by atoms with E-state index >= 15 is 0 Å². The van der Waals surface area contributed by atoms with Crippen molar-refractivity contribution >= 4 is 15.7 Å². The summed E-state index contributed by atoms with van der Waals surface area (Å²) in [7, 11) is -1.79. The van der Waals surface area contributed by atoms with Crippen LogP contribution < -0.4 is 14.2 Å². The fourth-order valence-electron chi connectivity index (χ4n) is 4.40. The number of methoxy groups -OCH3 is 1. The van der Waals surface area contributed by atoms with E-state index in [-0.39, 0.29) is 0 Å². The first-order valence-electron chi connectivity index (χ1n) is 11.0. The van der Waals surface area contributed by atoms with Crippen molar-refractivity contribution in [2.45, 2.75) is 13.0 Å². The number of nitrogens with one attached hydrogen (secondary N) is 1. The van der Waals surface area contributed by atoms with E-state index in [2.05, 4.69) is 48.0 Å². The van der Waals surface area contributed by atoms with Crippen LogP contribution >= 0.6 is 0 Å². The van der Waals surface area contributed by atoms with Gasteiger partial charge in [-0.1, -0.05) is 60.2 Å². The fraction of sp³-hybridized carbons (Fsp3) is 0.143. The van der Waals surface area contributed by atoms with Gasteiger partial charge in [0.15, 0.2) is 0 Å². The second-order valence-corrected chi connectivity index (χ2v) is 10.2. The van der Waals surface area contributed by atoms with Crippen molar-refractivity contribution in [1.82, 2.24) is 0 Å². The highest BCUT2D eigenvalue weighted by Gasteiger charge is 2.30. The molecule has 0 saturated heterocycles. The van der Waals surface area contributed by atoms with E-state index in [0.29, 0.717) is 11.4 Å². The molecular formula is C28H25NO4S. The third-order valence-electron chi connectivity index (χ3n) is 5.93. The minimum Gasteiger partial charge on any atom is -0.496 e. The molecule has 6 heteroatoms. The van der Waals surface area contributed by atoms with Gasteiger partial charge in [0.25, 0.3) is 0 Å². The Hall–Kier alpha value is -3.77. The molecular weight excluding hydrogens is 446 g/mol. The topological polar surface area (TPSA) is 64.6 Å². The number of anilines is 1. The Balaban J connectivity index is 1.66. The molecule has 5 rings (SSSR count). The van der Waals surface area contributed by atoms with Crippen LogP contribution in [-0.2, 0) is 10.0 Å². The summed E-state index contributed by atoms with van der Waals surface area (Å²) in [6, 6.07) is 27.9. The highest BCUT2D eigenvalue weighted by Crippen LogP contribution is 2.49. The van der Waals surface area contributed by atoms with E-state index in [1.165, 1.54) is 5.56 Å². The summed E-state index contributed by atoms with van der Waals surface area (Å²) in [5, 5.41) is 0. The standard InChI is InChI=1S/C28H25NO4S/c1-18-10-12-19(13-11-18)20-6-4-7-21(16-20)28-24-17-22(29-34(3,30)31)14-15-23(24)27-25(32-2)8-5-9-26(27)33-28/h4-17,28-29H,1-3H3. The maximum atomic E-state index is 11.9. The van der Waals surface area contributed by atoms with Gasteiger partial charge in [0.05, 0.1) is 18.9 Å². The lowest BCUT2D eigenvalue weighted by Gasteiger charge is -2.31. The van der Waals surface area contributed by atoms with Gasteiger partial charge in [0, 0.05) is 11.3 Å². The molecule has 1 aliphatic heterocycles. The van der Waals surface area contributed by atoms with Crippen molar-refractivity contribution in [3.8, 4) is 33.8 Å². The highest BCUT2D eigenvalue weighted by atomic mass is 32.2. The molecule has 1 heterocycles. The SMILES string of the molecule is COc1cccc2c1-c1ccc(NS(C)(=O)=O)cc1C(c1cccc(-c3ccc(C)cc3)c1)O2. The van der Waals surface area contributed by atoms with Crippen LogP contribution in [0.2, 0.25) is 0 Å². The number of fused-ring (bicyclic) bond motifs is 3. The van der Waals surface area contributed by atoms with Crippen LogP contribution in [0.25, 0.3) is 22.3 Å². The third kappa shape index (κ3) is 4.24. The number of hydrogen-bond donors (Lipinski definition) is 1. The monoisotopic (exact) mass is 471 g/mol. The molecule has 0 amide bonds. The van der Waals surface area contributed by atoms with Gasteiger partial charge in [0.2, 0.25) is 10.0 Å². The van der Waals surface area contributed by atoms with Gasteiger partial charge in [-0.2, -0.15) is 0 Å². The van der Waals surface area contributed by atoms with E-state index in [1.807, 2.05) is 42.5 Å². The Kier molecular flexibility index (Phi) is 5.54. The molecule has 0 radical (unpaired) electrons. The quantitative estimate of drug-likeness (QED) is 0.377. The number of rotatable bonds is 5. The molecule has 0 fully saturated rings. The van der Waals surface area contributed by atoms with E-state index in [9.17, 15) is 8.42 Å². The lowest BCUT2D eigenvalue weighted by Crippen LogP contribution is -2.17. The van der Waals surface area contributed by atoms with Crippen molar-refractivity contribution in [2.75, 3.05) is 18.1 Å². The van der Waals surface area contributed by atoms with Gasteiger partial charge in [-0.3, -0.25) is 4.72 Å². The Morgan fingerprint density at radius 3 is 2.38 bits per heavy atom. The number of ether oxygens (including phenoxy) is 2. The summed E-state index contributed by atoms with van der Waals surface area (Å²) in [6.07, 6.45) is 0.727. The van der Waals surface area contributed by atoms with Gasteiger partial charge < -0.3 is 9.47 Å². The van der Waals surface area contributed by atoms with E-state index < -0.39 is 16.1 Å². The van der Waals surface area contributed by atoms with Crippen LogP contribution in [0.1, 0.15) is 22.8 Å². The lowest BCUT2D eigenvalue weighted by molar-refractivity contribution is 0.242. The van der Waals surface area contributed by atoms with E-state index in [4.69, 9.17) is 9.47 Å². The number of sulfonamides is 1. The average Bonchev–Trinajstić information content (AvgIpc) is 2.82. The number of hydrogen-bond acceptors (Lipinski definition) is 4. The van der Waals surface area contributed by atoms with Crippen molar-refractivity contribution in [3.05, 3.63) is 102 Å². The Bertz CT molecular complexity index is 1480. The predicted octanol–water partition coefficient (Wildman–Crippen LogP) is 6.19. The molecule has 172 valence electrons. The summed E-state index contributed by atoms with van der Waals surface area (Å²) in [4.78, 5) is 0. The summed E-state index contributed by atoms with van der Waals surface area (Å²) in [6.45, 7) is 2.07. The van der Waals surface area contributed by atoms with Crippen LogP contribution in [0.4, 0.5) is 5.69 Å². The zero-order chi connectivity index (χ0) is 23.9. The summed E-state index contributed by atoms with van der Waals surface area (Å²) < 4.78 is 38.5. The first-order chi connectivity index (χ1) is 16.3. The predicted molar refractivity (Wildman–Crippen MR) is 136 cm³/mol. The normalized spacial score (nSPS) is 14.5.